The average molecular weight is 337 g/mol. The van der Waals surface area contributed by atoms with Crippen LogP contribution in [0.3, 0.4) is 0 Å². The number of ether oxygens (including phenoxy) is 1. The highest BCUT2D eigenvalue weighted by Crippen LogP contribution is 2.23. The monoisotopic (exact) mass is 337 g/mol. The van der Waals surface area contributed by atoms with Gasteiger partial charge >= 0.3 is 0 Å². The predicted molar refractivity (Wildman–Crippen MR) is 101 cm³/mol. The first-order valence-electron chi connectivity index (χ1n) is 9.18. The minimum atomic E-state index is -0.438. The maximum atomic E-state index is 12.7. The van der Waals surface area contributed by atoms with Crippen molar-refractivity contribution in [3.63, 3.8) is 0 Å². The fourth-order valence-corrected chi connectivity index (χ4v) is 3.51. The molecular formula is C22H27NO2. The maximum Gasteiger partial charge on any atom is 0.263 e. The van der Waals surface area contributed by atoms with Crippen LogP contribution in [0, 0.1) is 12.8 Å². The molecule has 1 amide bonds. The topological polar surface area (TPSA) is 29.5 Å². The molecule has 0 spiro atoms. The molecular weight excluding hydrogens is 310 g/mol. The molecule has 3 nitrogen and oxygen atoms in total. The van der Waals surface area contributed by atoms with Crippen molar-refractivity contribution in [2.24, 2.45) is 5.92 Å². The second-order valence-electron chi connectivity index (χ2n) is 7.03. The number of benzene rings is 2. The van der Waals surface area contributed by atoms with E-state index < -0.39 is 6.10 Å². The van der Waals surface area contributed by atoms with Crippen molar-refractivity contribution in [3.8, 4) is 5.75 Å². The Hall–Kier alpha value is -2.29. The number of hydrogen-bond acceptors (Lipinski definition) is 2. The molecule has 3 rings (SSSR count). The summed E-state index contributed by atoms with van der Waals surface area (Å²) in [5, 5.41) is 0. The molecule has 25 heavy (non-hydrogen) atoms. The fraction of sp³-hybridized carbons (Fsp3) is 0.409. The Morgan fingerprint density at radius 3 is 2.52 bits per heavy atom. The lowest BCUT2D eigenvalue weighted by atomic mass is 9.90. The van der Waals surface area contributed by atoms with Gasteiger partial charge in [-0.2, -0.15) is 0 Å². The number of likely N-dealkylation sites (tertiary alicyclic amines) is 1. The lowest BCUT2D eigenvalue weighted by Crippen LogP contribution is -2.45. The summed E-state index contributed by atoms with van der Waals surface area (Å²) in [5.41, 5.74) is 2.53. The lowest BCUT2D eigenvalue weighted by molar-refractivity contribution is -0.139. The molecule has 3 heteroatoms. The molecule has 0 N–H and O–H groups in total. The van der Waals surface area contributed by atoms with E-state index in [-0.39, 0.29) is 5.91 Å². The van der Waals surface area contributed by atoms with Gasteiger partial charge in [0.05, 0.1) is 0 Å². The summed E-state index contributed by atoms with van der Waals surface area (Å²) >= 11 is 0. The molecule has 132 valence electrons. The van der Waals surface area contributed by atoms with Crippen molar-refractivity contribution in [2.45, 2.75) is 39.2 Å². The molecule has 2 aromatic rings. The van der Waals surface area contributed by atoms with Gasteiger partial charge in [-0.05, 0) is 62.3 Å². The second-order valence-corrected chi connectivity index (χ2v) is 7.03. The summed E-state index contributed by atoms with van der Waals surface area (Å²) in [5.74, 6) is 1.53. The molecule has 1 aliphatic rings. The number of amides is 1. The Balaban J connectivity index is 1.49. The van der Waals surface area contributed by atoms with Gasteiger partial charge < -0.3 is 9.64 Å². The molecule has 0 bridgehead atoms. The second kappa shape index (κ2) is 8.19. The van der Waals surface area contributed by atoms with Crippen LogP contribution in [0.2, 0.25) is 0 Å². The number of carbonyl (C=O) groups excluding carboxylic acids is 1. The zero-order chi connectivity index (χ0) is 17.6. The largest absolute Gasteiger partial charge is 0.481 e. The van der Waals surface area contributed by atoms with E-state index in [9.17, 15) is 4.79 Å². The molecule has 1 aliphatic heterocycles. The summed E-state index contributed by atoms with van der Waals surface area (Å²) in [6.07, 6.45) is 2.81. The maximum absolute atomic E-state index is 12.7. The Labute approximate surface area is 150 Å². The summed E-state index contributed by atoms with van der Waals surface area (Å²) in [6, 6.07) is 18.5. The predicted octanol–water partition coefficient (Wildman–Crippen LogP) is 4.24. The van der Waals surface area contributed by atoms with Gasteiger partial charge in [-0.15, -0.1) is 0 Å². The van der Waals surface area contributed by atoms with E-state index in [4.69, 9.17) is 4.74 Å². The van der Waals surface area contributed by atoms with Crippen molar-refractivity contribution in [2.75, 3.05) is 13.1 Å². The average Bonchev–Trinajstić information content (AvgIpc) is 2.62. The first-order chi connectivity index (χ1) is 12.1. The quantitative estimate of drug-likeness (QED) is 0.816. The number of aryl methyl sites for hydroxylation is 1. The van der Waals surface area contributed by atoms with E-state index >= 15 is 0 Å². The summed E-state index contributed by atoms with van der Waals surface area (Å²) in [4.78, 5) is 14.6. The van der Waals surface area contributed by atoms with Crippen molar-refractivity contribution in [3.05, 3.63) is 65.7 Å². The molecule has 0 saturated carbocycles. The van der Waals surface area contributed by atoms with E-state index in [0.717, 1.165) is 43.7 Å². The van der Waals surface area contributed by atoms with E-state index in [0.29, 0.717) is 5.92 Å². The first kappa shape index (κ1) is 17.5. The van der Waals surface area contributed by atoms with Gasteiger partial charge in [0.25, 0.3) is 5.91 Å². The molecule has 0 aliphatic carbocycles. The molecule has 1 saturated heterocycles. The van der Waals surface area contributed by atoms with Crippen LogP contribution in [-0.4, -0.2) is 30.0 Å². The highest BCUT2D eigenvalue weighted by molar-refractivity contribution is 5.81. The van der Waals surface area contributed by atoms with E-state index in [2.05, 4.69) is 30.3 Å². The van der Waals surface area contributed by atoms with Crippen LogP contribution in [0.5, 0.6) is 5.75 Å². The Morgan fingerprint density at radius 1 is 1.12 bits per heavy atom. The number of rotatable bonds is 5. The van der Waals surface area contributed by atoms with E-state index in [1.165, 1.54) is 5.56 Å². The standard InChI is InChI=1S/C22H27NO2/c1-17-7-6-10-21(15-17)25-18(2)22(24)23-13-11-20(12-14-23)16-19-8-4-3-5-9-19/h3-10,15,18,20H,11-14,16H2,1-2H3/t18-/m0/s1. The lowest BCUT2D eigenvalue weighted by Gasteiger charge is -2.33. The molecule has 0 radical (unpaired) electrons. The third kappa shape index (κ3) is 4.85. The smallest absolute Gasteiger partial charge is 0.263 e. The summed E-state index contributed by atoms with van der Waals surface area (Å²) in [6.45, 7) is 5.54. The van der Waals surface area contributed by atoms with Gasteiger partial charge in [-0.3, -0.25) is 4.79 Å². The molecule has 0 aromatic heterocycles. The van der Waals surface area contributed by atoms with Crippen LogP contribution in [0.4, 0.5) is 0 Å². The number of hydrogen-bond donors (Lipinski definition) is 0. The minimum Gasteiger partial charge on any atom is -0.481 e. The van der Waals surface area contributed by atoms with Crippen LogP contribution < -0.4 is 4.74 Å². The van der Waals surface area contributed by atoms with Crippen LogP contribution in [0.25, 0.3) is 0 Å². The highest BCUT2D eigenvalue weighted by atomic mass is 16.5. The minimum absolute atomic E-state index is 0.0969. The fourth-order valence-electron chi connectivity index (χ4n) is 3.51. The number of piperidine rings is 1. The number of carbonyl (C=O) groups is 1. The molecule has 0 unspecified atom stereocenters. The third-order valence-electron chi connectivity index (χ3n) is 4.94. The van der Waals surface area contributed by atoms with E-state index in [1.807, 2.05) is 43.0 Å². The van der Waals surface area contributed by atoms with Crippen LogP contribution in [-0.2, 0) is 11.2 Å². The zero-order valence-electron chi connectivity index (χ0n) is 15.2. The SMILES string of the molecule is Cc1cccc(O[C@@H](C)C(=O)N2CCC(Cc3ccccc3)CC2)c1. The van der Waals surface area contributed by atoms with Gasteiger partial charge in [0.2, 0.25) is 0 Å². The molecule has 2 aromatic carbocycles. The normalized spacial score (nSPS) is 16.5. The van der Waals surface area contributed by atoms with Gasteiger partial charge in [-0.25, -0.2) is 0 Å². The zero-order valence-corrected chi connectivity index (χ0v) is 15.2. The summed E-state index contributed by atoms with van der Waals surface area (Å²) < 4.78 is 5.84. The Kier molecular flexibility index (Phi) is 5.75. The van der Waals surface area contributed by atoms with Crippen molar-refractivity contribution < 1.29 is 9.53 Å². The van der Waals surface area contributed by atoms with Crippen LogP contribution in [0.15, 0.2) is 54.6 Å². The van der Waals surface area contributed by atoms with Gasteiger partial charge in [0, 0.05) is 13.1 Å². The van der Waals surface area contributed by atoms with Gasteiger partial charge in [0.1, 0.15) is 5.75 Å². The van der Waals surface area contributed by atoms with Crippen molar-refractivity contribution >= 4 is 5.91 Å². The van der Waals surface area contributed by atoms with Gasteiger partial charge in [-0.1, -0.05) is 42.5 Å². The number of nitrogens with zero attached hydrogens (tertiary/aromatic N) is 1. The Morgan fingerprint density at radius 2 is 1.84 bits per heavy atom. The third-order valence-corrected chi connectivity index (χ3v) is 4.94. The molecule has 1 heterocycles. The van der Waals surface area contributed by atoms with Crippen molar-refractivity contribution in [1.29, 1.82) is 0 Å². The highest BCUT2D eigenvalue weighted by Gasteiger charge is 2.27. The molecule has 1 atom stereocenters. The van der Waals surface area contributed by atoms with E-state index in [1.54, 1.807) is 0 Å². The van der Waals surface area contributed by atoms with Crippen LogP contribution >= 0.6 is 0 Å². The van der Waals surface area contributed by atoms with Crippen LogP contribution in [0.1, 0.15) is 30.9 Å². The van der Waals surface area contributed by atoms with Crippen molar-refractivity contribution in [1.82, 2.24) is 4.90 Å². The van der Waals surface area contributed by atoms with Gasteiger partial charge in [0.15, 0.2) is 6.10 Å². The Bertz CT molecular complexity index is 690. The first-order valence-corrected chi connectivity index (χ1v) is 9.18. The summed E-state index contributed by atoms with van der Waals surface area (Å²) in [7, 11) is 0. The molecule has 1 fully saturated rings.